The van der Waals surface area contributed by atoms with Crippen LogP contribution in [0.4, 0.5) is 0 Å². The lowest BCUT2D eigenvalue weighted by Gasteiger charge is -2.08. The van der Waals surface area contributed by atoms with Crippen LogP contribution < -0.4 is 11.5 Å². The lowest BCUT2D eigenvalue weighted by atomic mass is 10.1. The minimum absolute atomic E-state index is 0.111. The van der Waals surface area contributed by atoms with Crippen LogP contribution in [-0.4, -0.2) is 41.7 Å². The van der Waals surface area contributed by atoms with Crippen molar-refractivity contribution in [2.45, 2.75) is 122 Å². The Morgan fingerprint density at radius 3 is 1.80 bits per heavy atom. The second kappa shape index (κ2) is 26.1. The van der Waals surface area contributed by atoms with Gasteiger partial charge in [-0.25, -0.2) is 0 Å². The molecule has 30 heavy (non-hydrogen) atoms. The number of ether oxygens (including phenoxy) is 1. The molecule has 0 aliphatic carbocycles. The molecule has 6 nitrogen and oxygen atoms in total. The van der Waals surface area contributed by atoms with Gasteiger partial charge in [-0.2, -0.15) is 0 Å². The molecule has 6 heteroatoms. The second-order valence-electron chi connectivity index (χ2n) is 7.93. The van der Waals surface area contributed by atoms with Crippen molar-refractivity contribution in [3.63, 3.8) is 0 Å². The van der Waals surface area contributed by atoms with Gasteiger partial charge in [0.1, 0.15) is 12.7 Å². The van der Waals surface area contributed by atoms with E-state index in [0.717, 1.165) is 32.1 Å². The monoisotopic (exact) mass is 430 g/mol. The molecule has 0 fully saturated rings. The zero-order valence-corrected chi connectivity index (χ0v) is 19.7. The maximum atomic E-state index is 11.4. The summed E-state index contributed by atoms with van der Waals surface area (Å²) < 4.78 is 4.86. The molecule has 1 atom stereocenters. The van der Waals surface area contributed by atoms with Gasteiger partial charge in [-0.15, -0.1) is 0 Å². The Bertz CT molecular complexity index is 376. The summed E-state index contributed by atoms with van der Waals surface area (Å²) in [4.78, 5) is 11.4. The Balaban J connectivity index is 0. The molecule has 0 spiro atoms. The van der Waals surface area contributed by atoms with Crippen LogP contribution in [0.3, 0.4) is 0 Å². The van der Waals surface area contributed by atoms with E-state index in [2.05, 4.69) is 19.1 Å². The van der Waals surface area contributed by atoms with Gasteiger partial charge in [-0.05, 0) is 38.5 Å². The zero-order chi connectivity index (χ0) is 22.9. The van der Waals surface area contributed by atoms with E-state index in [1.807, 2.05) is 6.92 Å². The molecule has 0 rings (SSSR count). The van der Waals surface area contributed by atoms with Crippen molar-refractivity contribution >= 4 is 5.97 Å². The minimum Gasteiger partial charge on any atom is -0.463 e. The number of esters is 1. The molecule has 0 aliphatic rings. The number of hydrogen-bond donors (Lipinski definition) is 4. The average Bonchev–Trinajstić information content (AvgIpc) is 2.75. The molecular weight excluding hydrogens is 380 g/mol. The number of carbonyl (C=O) groups is 1. The second-order valence-corrected chi connectivity index (χ2v) is 7.93. The molecule has 0 aromatic rings. The summed E-state index contributed by atoms with van der Waals surface area (Å²) in [6, 6.07) is 0. The van der Waals surface area contributed by atoms with Gasteiger partial charge >= 0.3 is 5.97 Å². The fourth-order valence-electron chi connectivity index (χ4n) is 2.65. The topological polar surface area (TPSA) is 119 Å². The van der Waals surface area contributed by atoms with E-state index in [4.69, 9.17) is 26.4 Å². The van der Waals surface area contributed by atoms with Crippen molar-refractivity contribution in [2.24, 2.45) is 11.5 Å². The molecule has 0 bridgehead atoms. The first-order valence-corrected chi connectivity index (χ1v) is 12.1. The van der Waals surface area contributed by atoms with Crippen LogP contribution in [-0.2, 0) is 9.53 Å². The average molecular weight is 431 g/mol. The van der Waals surface area contributed by atoms with E-state index >= 15 is 0 Å². The standard InChI is InChI=1S/C21H40O4.C3H10N2/c1-2-3-4-5-6-7-8-9-10-11-12-13-14-15-16-17-21(24)25-19-20(23)18-22;1-2-3(4)5/h9-10,20,22-23H,2-8,11-19H2,1H3;3H,2,4-5H2,1H3/b10-9-;. The molecule has 0 saturated carbocycles. The summed E-state index contributed by atoms with van der Waals surface area (Å²) in [7, 11) is 0. The van der Waals surface area contributed by atoms with Crippen molar-refractivity contribution in [2.75, 3.05) is 13.2 Å². The van der Waals surface area contributed by atoms with Crippen LogP contribution in [0.2, 0.25) is 0 Å². The number of carbonyl (C=O) groups excluding carboxylic acids is 1. The Morgan fingerprint density at radius 2 is 1.33 bits per heavy atom. The van der Waals surface area contributed by atoms with Crippen molar-refractivity contribution in [1.82, 2.24) is 0 Å². The molecule has 180 valence electrons. The molecule has 0 aliphatic heterocycles. The number of hydrogen-bond acceptors (Lipinski definition) is 6. The Kier molecular flexibility index (Phi) is 27.2. The number of rotatable bonds is 19. The SMILES string of the molecule is CCC(N)N.CCCCCCCC/C=C\CCCCCCCC(=O)OCC(O)CO. The van der Waals surface area contributed by atoms with E-state index in [9.17, 15) is 4.79 Å². The Labute approximate surface area is 185 Å². The van der Waals surface area contributed by atoms with Gasteiger partial charge in [0.15, 0.2) is 0 Å². The van der Waals surface area contributed by atoms with E-state index in [0.29, 0.717) is 6.42 Å². The quantitative estimate of drug-likeness (QED) is 0.103. The van der Waals surface area contributed by atoms with E-state index < -0.39 is 6.10 Å². The van der Waals surface area contributed by atoms with Gasteiger partial charge in [-0.1, -0.05) is 77.4 Å². The van der Waals surface area contributed by atoms with E-state index in [1.54, 1.807) is 0 Å². The van der Waals surface area contributed by atoms with Crippen LogP contribution in [0.15, 0.2) is 12.2 Å². The fraction of sp³-hybridized carbons (Fsp3) is 0.875. The molecule has 6 N–H and O–H groups in total. The number of allylic oxidation sites excluding steroid dienone is 2. The van der Waals surface area contributed by atoms with Crippen molar-refractivity contribution in [3.8, 4) is 0 Å². The van der Waals surface area contributed by atoms with Crippen molar-refractivity contribution < 1.29 is 19.7 Å². The van der Waals surface area contributed by atoms with Gasteiger partial charge in [-0.3, -0.25) is 4.79 Å². The lowest BCUT2D eigenvalue weighted by molar-refractivity contribution is -0.147. The van der Waals surface area contributed by atoms with E-state index in [1.165, 1.54) is 57.8 Å². The predicted molar refractivity (Wildman–Crippen MR) is 126 cm³/mol. The normalized spacial score (nSPS) is 12.1. The van der Waals surface area contributed by atoms with Gasteiger partial charge in [0.2, 0.25) is 0 Å². The van der Waals surface area contributed by atoms with Crippen LogP contribution in [0.5, 0.6) is 0 Å². The summed E-state index contributed by atoms with van der Waals surface area (Å²) in [6.07, 6.45) is 20.8. The van der Waals surface area contributed by atoms with Crippen molar-refractivity contribution in [3.05, 3.63) is 12.2 Å². The highest BCUT2D eigenvalue weighted by atomic mass is 16.5. The first kappa shape index (κ1) is 31.2. The fourth-order valence-corrected chi connectivity index (χ4v) is 2.65. The molecular formula is C24H50N2O4. The zero-order valence-electron chi connectivity index (χ0n) is 19.7. The predicted octanol–water partition coefficient (Wildman–Crippen LogP) is 4.56. The van der Waals surface area contributed by atoms with Gasteiger partial charge in [0.05, 0.1) is 12.8 Å². The number of aliphatic hydroxyl groups excluding tert-OH is 2. The van der Waals surface area contributed by atoms with E-state index in [-0.39, 0.29) is 25.3 Å². The first-order chi connectivity index (χ1) is 14.5. The van der Waals surface area contributed by atoms with Crippen LogP contribution >= 0.6 is 0 Å². The number of unbranched alkanes of at least 4 members (excludes halogenated alkanes) is 11. The molecule has 0 saturated heterocycles. The molecule has 0 aromatic carbocycles. The third-order valence-corrected chi connectivity index (χ3v) is 4.76. The Hall–Kier alpha value is -0.950. The minimum atomic E-state index is -0.960. The number of aliphatic hydroxyl groups is 2. The summed E-state index contributed by atoms with van der Waals surface area (Å²) in [5.74, 6) is -0.287. The highest BCUT2D eigenvalue weighted by molar-refractivity contribution is 5.69. The Morgan fingerprint density at radius 1 is 0.867 bits per heavy atom. The van der Waals surface area contributed by atoms with Crippen LogP contribution in [0.1, 0.15) is 110 Å². The molecule has 0 aromatic heterocycles. The maximum absolute atomic E-state index is 11.4. The molecule has 0 amide bonds. The molecule has 0 heterocycles. The maximum Gasteiger partial charge on any atom is 0.305 e. The summed E-state index contributed by atoms with van der Waals surface area (Å²) in [5.41, 5.74) is 10.1. The summed E-state index contributed by atoms with van der Waals surface area (Å²) in [6.45, 7) is 3.72. The number of nitrogens with two attached hydrogens (primary N) is 2. The molecule has 1 unspecified atom stereocenters. The largest absolute Gasteiger partial charge is 0.463 e. The first-order valence-electron chi connectivity index (χ1n) is 12.1. The third kappa shape index (κ3) is 29.3. The van der Waals surface area contributed by atoms with Crippen molar-refractivity contribution in [1.29, 1.82) is 0 Å². The van der Waals surface area contributed by atoms with Gasteiger partial charge < -0.3 is 26.4 Å². The van der Waals surface area contributed by atoms with Crippen LogP contribution in [0.25, 0.3) is 0 Å². The van der Waals surface area contributed by atoms with Crippen LogP contribution in [0, 0.1) is 0 Å². The van der Waals surface area contributed by atoms with Gasteiger partial charge in [0, 0.05) is 6.42 Å². The highest BCUT2D eigenvalue weighted by Crippen LogP contribution is 2.10. The third-order valence-electron chi connectivity index (χ3n) is 4.76. The highest BCUT2D eigenvalue weighted by Gasteiger charge is 2.07. The summed E-state index contributed by atoms with van der Waals surface area (Å²) >= 11 is 0. The smallest absolute Gasteiger partial charge is 0.305 e. The van der Waals surface area contributed by atoms with Gasteiger partial charge in [0.25, 0.3) is 0 Å². The lowest BCUT2D eigenvalue weighted by Crippen LogP contribution is -2.28. The molecule has 0 radical (unpaired) electrons. The summed E-state index contributed by atoms with van der Waals surface area (Å²) in [5, 5.41) is 17.7.